The van der Waals surface area contributed by atoms with Crippen molar-refractivity contribution in [3.8, 4) is 0 Å². The Bertz CT molecular complexity index is 320. The van der Waals surface area contributed by atoms with Crippen LogP contribution in [-0.2, 0) is 9.53 Å². The van der Waals surface area contributed by atoms with E-state index in [4.69, 9.17) is 9.84 Å². The lowest BCUT2D eigenvalue weighted by Gasteiger charge is -2.37. The summed E-state index contributed by atoms with van der Waals surface area (Å²) >= 11 is 0. The molecule has 0 aliphatic carbocycles. The van der Waals surface area contributed by atoms with E-state index in [9.17, 15) is 9.59 Å². The SMILES string of the molecule is COC(=O)N1CC(CC(=O)O)CC(NCC(C)C)C1. The average Bonchev–Trinajstić information content (AvgIpc) is 2.34. The van der Waals surface area contributed by atoms with Gasteiger partial charge in [0.1, 0.15) is 0 Å². The summed E-state index contributed by atoms with van der Waals surface area (Å²) in [7, 11) is 1.35. The number of methoxy groups -OCH3 is 1. The molecule has 6 nitrogen and oxygen atoms in total. The summed E-state index contributed by atoms with van der Waals surface area (Å²) in [4.78, 5) is 24.0. The van der Waals surface area contributed by atoms with Crippen LogP contribution >= 0.6 is 0 Å². The van der Waals surface area contributed by atoms with Crippen molar-refractivity contribution in [3.63, 3.8) is 0 Å². The number of aliphatic carboxylic acids is 1. The number of nitrogens with zero attached hydrogens (tertiary/aromatic N) is 1. The van der Waals surface area contributed by atoms with Crippen LogP contribution in [0.3, 0.4) is 0 Å². The van der Waals surface area contributed by atoms with Crippen LogP contribution < -0.4 is 5.32 Å². The van der Waals surface area contributed by atoms with Gasteiger partial charge in [-0.1, -0.05) is 13.8 Å². The first-order valence-corrected chi connectivity index (χ1v) is 6.70. The minimum absolute atomic E-state index is 0.0185. The zero-order valence-corrected chi connectivity index (χ0v) is 11.9. The van der Waals surface area contributed by atoms with Gasteiger partial charge in [-0.3, -0.25) is 4.79 Å². The van der Waals surface area contributed by atoms with Crippen molar-refractivity contribution in [2.24, 2.45) is 11.8 Å². The number of hydrogen-bond acceptors (Lipinski definition) is 4. The maximum atomic E-state index is 11.6. The number of rotatable bonds is 5. The molecule has 0 aromatic heterocycles. The van der Waals surface area contributed by atoms with E-state index in [1.807, 2.05) is 0 Å². The van der Waals surface area contributed by atoms with Gasteiger partial charge in [-0.25, -0.2) is 4.79 Å². The van der Waals surface area contributed by atoms with Gasteiger partial charge in [0.05, 0.1) is 7.11 Å². The predicted molar refractivity (Wildman–Crippen MR) is 71.0 cm³/mol. The molecule has 1 aliphatic rings. The third kappa shape index (κ3) is 5.46. The van der Waals surface area contributed by atoms with Gasteiger partial charge < -0.3 is 20.1 Å². The van der Waals surface area contributed by atoms with Crippen LogP contribution in [0.25, 0.3) is 0 Å². The molecule has 0 aromatic carbocycles. The highest BCUT2D eigenvalue weighted by Crippen LogP contribution is 2.21. The lowest BCUT2D eigenvalue weighted by molar-refractivity contribution is -0.138. The fraction of sp³-hybridized carbons (Fsp3) is 0.846. The molecule has 2 unspecified atom stereocenters. The molecule has 0 aromatic rings. The molecule has 2 N–H and O–H groups in total. The Labute approximate surface area is 114 Å². The number of carbonyl (C=O) groups is 2. The van der Waals surface area contributed by atoms with E-state index in [1.54, 1.807) is 4.90 Å². The number of likely N-dealkylation sites (tertiary alicyclic amines) is 1. The van der Waals surface area contributed by atoms with Crippen LogP contribution in [-0.4, -0.2) is 54.9 Å². The van der Waals surface area contributed by atoms with E-state index in [2.05, 4.69) is 19.2 Å². The third-order valence-electron chi connectivity index (χ3n) is 3.25. The van der Waals surface area contributed by atoms with E-state index in [0.717, 1.165) is 13.0 Å². The van der Waals surface area contributed by atoms with Crippen molar-refractivity contribution < 1.29 is 19.4 Å². The Balaban J connectivity index is 2.60. The van der Waals surface area contributed by atoms with Gasteiger partial charge in [-0.15, -0.1) is 0 Å². The van der Waals surface area contributed by atoms with Crippen molar-refractivity contribution in [2.75, 3.05) is 26.7 Å². The van der Waals surface area contributed by atoms with Crippen LogP contribution in [0.4, 0.5) is 4.79 Å². The summed E-state index contributed by atoms with van der Waals surface area (Å²) in [5.41, 5.74) is 0. The Morgan fingerprint density at radius 1 is 1.42 bits per heavy atom. The van der Waals surface area contributed by atoms with E-state index in [1.165, 1.54) is 7.11 Å². The topological polar surface area (TPSA) is 78.9 Å². The molecule has 1 saturated heterocycles. The quantitative estimate of drug-likeness (QED) is 0.785. The molecular formula is C13H24N2O4. The Morgan fingerprint density at radius 2 is 2.11 bits per heavy atom. The van der Waals surface area contributed by atoms with Crippen LogP contribution in [0.5, 0.6) is 0 Å². The van der Waals surface area contributed by atoms with E-state index in [0.29, 0.717) is 19.0 Å². The zero-order chi connectivity index (χ0) is 14.4. The van der Waals surface area contributed by atoms with Crippen molar-refractivity contribution in [1.82, 2.24) is 10.2 Å². The number of nitrogens with one attached hydrogen (secondary N) is 1. The molecule has 0 radical (unpaired) electrons. The fourth-order valence-corrected chi connectivity index (χ4v) is 2.43. The number of piperidine rings is 1. The van der Waals surface area contributed by atoms with Crippen molar-refractivity contribution in [3.05, 3.63) is 0 Å². The smallest absolute Gasteiger partial charge is 0.409 e. The van der Waals surface area contributed by atoms with E-state index < -0.39 is 5.97 Å². The summed E-state index contributed by atoms with van der Waals surface area (Å²) in [5, 5.41) is 12.3. The maximum Gasteiger partial charge on any atom is 0.409 e. The van der Waals surface area contributed by atoms with Crippen LogP contribution in [0.2, 0.25) is 0 Å². The summed E-state index contributed by atoms with van der Waals surface area (Å²) in [6.07, 6.45) is 0.492. The van der Waals surface area contributed by atoms with Gasteiger partial charge in [0.25, 0.3) is 0 Å². The van der Waals surface area contributed by atoms with Gasteiger partial charge in [0.2, 0.25) is 0 Å². The lowest BCUT2D eigenvalue weighted by Crippen LogP contribution is -2.52. The van der Waals surface area contributed by atoms with Crippen molar-refractivity contribution in [2.45, 2.75) is 32.7 Å². The van der Waals surface area contributed by atoms with Gasteiger partial charge in [0, 0.05) is 25.6 Å². The van der Waals surface area contributed by atoms with E-state index in [-0.39, 0.29) is 24.5 Å². The molecular weight excluding hydrogens is 248 g/mol. The van der Waals surface area contributed by atoms with Gasteiger partial charge in [-0.2, -0.15) is 0 Å². The molecule has 2 atom stereocenters. The number of ether oxygens (including phenoxy) is 1. The highest BCUT2D eigenvalue weighted by molar-refractivity contribution is 5.69. The molecule has 1 rings (SSSR count). The van der Waals surface area contributed by atoms with Crippen molar-refractivity contribution in [1.29, 1.82) is 0 Å². The zero-order valence-electron chi connectivity index (χ0n) is 11.9. The minimum Gasteiger partial charge on any atom is -0.481 e. The predicted octanol–water partition coefficient (Wildman–Crippen LogP) is 1.16. The molecule has 1 fully saturated rings. The molecule has 0 saturated carbocycles. The third-order valence-corrected chi connectivity index (χ3v) is 3.25. The number of carboxylic acid groups (broad SMARTS) is 1. The Kier molecular flexibility index (Phi) is 6.08. The van der Waals surface area contributed by atoms with Gasteiger partial charge in [-0.05, 0) is 24.8 Å². The molecule has 110 valence electrons. The summed E-state index contributed by atoms with van der Waals surface area (Å²) in [6.45, 7) is 6.12. The summed E-state index contributed by atoms with van der Waals surface area (Å²) < 4.78 is 4.73. The Morgan fingerprint density at radius 3 is 2.63 bits per heavy atom. The van der Waals surface area contributed by atoms with Crippen molar-refractivity contribution >= 4 is 12.1 Å². The standard InChI is InChI=1S/C13H24N2O4/c1-9(2)6-14-11-4-10(5-12(16)17)7-15(8-11)13(18)19-3/h9-11,14H,4-8H2,1-3H3,(H,16,17). The fourth-order valence-electron chi connectivity index (χ4n) is 2.43. The highest BCUT2D eigenvalue weighted by Gasteiger charge is 2.31. The first kappa shape index (κ1) is 15.8. The number of carbonyl (C=O) groups excluding carboxylic acids is 1. The average molecular weight is 272 g/mol. The largest absolute Gasteiger partial charge is 0.481 e. The molecule has 0 bridgehead atoms. The first-order valence-electron chi connectivity index (χ1n) is 6.70. The molecule has 1 heterocycles. The second kappa shape index (κ2) is 7.33. The second-order valence-electron chi connectivity index (χ2n) is 5.57. The molecule has 0 spiro atoms. The monoisotopic (exact) mass is 272 g/mol. The first-order chi connectivity index (χ1) is 8.92. The number of carboxylic acids is 1. The molecule has 1 aliphatic heterocycles. The van der Waals surface area contributed by atoms with Gasteiger partial charge in [0.15, 0.2) is 0 Å². The lowest BCUT2D eigenvalue weighted by atomic mass is 9.91. The van der Waals surface area contributed by atoms with Crippen LogP contribution in [0.15, 0.2) is 0 Å². The van der Waals surface area contributed by atoms with Crippen LogP contribution in [0.1, 0.15) is 26.7 Å². The normalized spacial score (nSPS) is 23.5. The highest BCUT2D eigenvalue weighted by atomic mass is 16.5. The van der Waals surface area contributed by atoms with E-state index >= 15 is 0 Å². The second-order valence-corrected chi connectivity index (χ2v) is 5.57. The minimum atomic E-state index is -0.820. The summed E-state index contributed by atoms with van der Waals surface area (Å²) in [5.74, 6) is -0.319. The number of amides is 1. The van der Waals surface area contributed by atoms with Gasteiger partial charge >= 0.3 is 12.1 Å². The van der Waals surface area contributed by atoms with Crippen LogP contribution in [0, 0.1) is 11.8 Å². The number of hydrogen-bond donors (Lipinski definition) is 2. The maximum absolute atomic E-state index is 11.6. The Hall–Kier alpha value is -1.30. The molecule has 6 heteroatoms. The molecule has 19 heavy (non-hydrogen) atoms. The molecule has 1 amide bonds. The summed E-state index contributed by atoms with van der Waals surface area (Å²) in [6, 6.07) is 0.139.